The van der Waals surface area contributed by atoms with Gasteiger partial charge >= 0.3 is 0 Å². The van der Waals surface area contributed by atoms with Crippen LogP contribution in [0.15, 0.2) is 30.5 Å². The fraction of sp³-hybridized carbons (Fsp3) is 0.471. The fourth-order valence-electron chi connectivity index (χ4n) is 3.67. The first-order chi connectivity index (χ1) is 10.7. The second-order valence-electron chi connectivity index (χ2n) is 6.52. The van der Waals surface area contributed by atoms with Gasteiger partial charge in [0.1, 0.15) is 0 Å². The van der Waals surface area contributed by atoms with Crippen LogP contribution >= 0.6 is 0 Å². The fourth-order valence-corrected chi connectivity index (χ4v) is 3.67. The highest BCUT2D eigenvalue weighted by molar-refractivity contribution is 5.98. The minimum atomic E-state index is 0.118. The van der Waals surface area contributed by atoms with Crippen LogP contribution in [0.5, 0.6) is 0 Å². The Morgan fingerprint density at radius 3 is 3.05 bits per heavy atom. The van der Waals surface area contributed by atoms with Crippen molar-refractivity contribution in [3.8, 4) is 0 Å². The maximum Gasteiger partial charge on any atom is 0.254 e. The van der Waals surface area contributed by atoms with Crippen LogP contribution in [0.1, 0.15) is 10.4 Å². The van der Waals surface area contributed by atoms with Crippen molar-refractivity contribution in [2.45, 2.75) is 6.04 Å². The highest BCUT2D eigenvalue weighted by Gasteiger charge is 2.35. The quantitative estimate of drug-likeness (QED) is 0.869. The van der Waals surface area contributed by atoms with Gasteiger partial charge in [0.25, 0.3) is 5.91 Å². The van der Waals surface area contributed by atoms with E-state index in [0.29, 0.717) is 12.5 Å². The van der Waals surface area contributed by atoms with Crippen LogP contribution in [0.3, 0.4) is 0 Å². The molecule has 0 spiro atoms. The summed E-state index contributed by atoms with van der Waals surface area (Å²) in [5.41, 5.74) is 1.77. The van der Waals surface area contributed by atoms with Gasteiger partial charge in [0.05, 0.1) is 19.3 Å². The molecule has 0 unspecified atom stereocenters. The lowest BCUT2D eigenvalue weighted by atomic mass is 10.1. The van der Waals surface area contributed by atoms with Crippen molar-refractivity contribution in [3.63, 3.8) is 0 Å². The zero-order valence-electron chi connectivity index (χ0n) is 12.8. The van der Waals surface area contributed by atoms with Gasteiger partial charge in [0.15, 0.2) is 0 Å². The first-order valence-electron chi connectivity index (χ1n) is 7.85. The number of nitrogens with zero attached hydrogens (tertiary/aromatic N) is 2. The third-order valence-corrected chi connectivity index (χ3v) is 4.71. The number of fused-ring (bicyclic) bond motifs is 4. The maximum atomic E-state index is 13.0. The van der Waals surface area contributed by atoms with E-state index in [2.05, 4.69) is 16.9 Å². The molecule has 0 aliphatic carbocycles. The molecule has 0 radical (unpaired) electrons. The van der Waals surface area contributed by atoms with Crippen molar-refractivity contribution < 1.29 is 9.53 Å². The van der Waals surface area contributed by atoms with E-state index in [-0.39, 0.29) is 11.9 Å². The molecular formula is C17H21N3O2. The van der Waals surface area contributed by atoms with Crippen molar-refractivity contribution in [1.82, 2.24) is 14.8 Å². The molecule has 3 heterocycles. The number of hydrogen-bond acceptors (Lipinski definition) is 3. The molecule has 1 N–H and O–H groups in total. The van der Waals surface area contributed by atoms with E-state index in [0.717, 1.165) is 42.7 Å². The SMILES string of the molecule is CN1C[C@@H]2COC[C@H](C1)N(C(=O)c1ccc3cc[nH]c3c1)C2. The van der Waals surface area contributed by atoms with Crippen LogP contribution in [-0.2, 0) is 4.74 Å². The van der Waals surface area contributed by atoms with E-state index in [1.807, 2.05) is 35.4 Å². The first kappa shape index (κ1) is 13.8. The molecular weight excluding hydrogens is 278 g/mol. The number of aromatic nitrogens is 1. The minimum absolute atomic E-state index is 0.118. The predicted octanol–water partition coefficient (Wildman–Crippen LogP) is 1.57. The van der Waals surface area contributed by atoms with Gasteiger partial charge in [0, 0.05) is 42.8 Å². The molecule has 2 aliphatic rings. The largest absolute Gasteiger partial charge is 0.379 e. The average molecular weight is 299 g/mol. The summed E-state index contributed by atoms with van der Waals surface area (Å²) in [7, 11) is 2.13. The third-order valence-electron chi connectivity index (χ3n) is 4.71. The molecule has 4 rings (SSSR count). The smallest absolute Gasteiger partial charge is 0.254 e. The van der Waals surface area contributed by atoms with Gasteiger partial charge in [-0.25, -0.2) is 0 Å². The van der Waals surface area contributed by atoms with Gasteiger partial charge in [-0.3, -0.25) is 4.79 Å². The summed E-state index contributed by atoms with van der Waals surface area (Å²) in [5.74, 6) is 0.517. The number of hydrogen-bond donors (Lipinski definition) is 1. The summed E-state index contributed by atoms with van der Waals surface area (Å²) in [6, 6.07) is 8.05. The number of nitrogens with one attached hydrogen (secondary N) is 1. The molecule has 2 aromatic rings. The van der Waals surface area contributed by atoms with E-state index in [9.17, 15) is 4.79 Å². The molecule has 1 aromatic heterocycles. The number of benzene rings is 1. The summed E-state index contributed by atoms with van der Waals surface area (Å²) in [6.45, 7) is 4.05. The summed E-state index contributed by atoms with van der Waals surface area (Å²) in [5, 5.41) is 1.13. The van der Waals surface area contributed by atoms with Gasteiger partial charge in [-0.15, -0.1) is 0 Å². The van der Waals surface area contributed by atoms with Crippen LogP contribution in [-0.4, -0.2) is 66.6 Å². The molecule has 22 heavy (non-hydrogen) atoms. The van der Waals surface area contributed by atoms with Crippen molar-refractivity contribution >= 4 is 16.8 Å². The maximum absolute atomic E-state index is 13.0. The van der Waals surface area contributed by atoms with E-state index in [4.69, 9.17) is 4.74 Å². The van der Waals surface area contributed by atoms with Crippen LogP contribution in [0.25, 0.3) is 10.9 Å². The Labute approximate surface area is 129 Å². The number of ether oxygens (including phenoxy) is 1. The number of likely N-dealkylation sites (N-methyl/N-ethyl adjacent to an activating group) is 1. The van der Waals surface area contributed by atoms with Crippen molar-refractivity contribution in [1.29, 1.82) is 0 Å². The standard InChI is InChI=1S/C17H21N3O2/c1-19-7-12-8-20(15(9-19)11-22-10-12)17(21)14-3-2-13-4-5-18-16(13)6-14/h2-6,12,15,18H,7-11H2,1H3/t12-,15-/m0/s1. The summed E-state index contributed by atoms with van der Waals surface area (Å²) < 4.78 is 5.76. The summed E-state index contributed by atoms with van der Waals surface area (Å²) in [4.78, 5) is 20.5. The second kappa shape index (κ2) is 5.41. The molecule has 5 heteroatoms. The van der Waals surface area contributed by atoms with Crippen molar-refractivity contribution in [3.05, 3.63) is 36.0 Å². The molecule has 2 saturated heterocycles. The molecule has 2 aliphatic heterocycles. The number of H-pyrrole nitrogens is 1. The third kappa shape index (κ3) is 2.40. The average Bonchev–Trinajstić information content (AvgIpc) is 2.80. The Balaban J connectivity index is 1.65. The lowest BCUT2D eigenvalue weighted by Gasteiger charge is -2.29. The molecule has 1 amide bonds. The van der Waals surface area contributed by atoms with Crippen LogP contribution in [0.4, 0.5) is 0 Å². The zero-order valence-corrected chi connectivity index (χ0v) is 12.8. The van der Waals surface area contributed by atoms with Crippen LogP contribution < -0.4 is 0 Å². The van der Waals surface area contributed by atoms with E-state index in [1.54, 1.807) is 0 Å². The van der Waals surface area contributed by atoms with Gasteiger partial charge in [-0.05, 0) is 30.6 Å². The molecule has 1 aromatic carbocycles. The lowest BCUT2D eigenvalue weighted by Crippen LogP contribution is -2.45. The molecule has 2 bridgehead atoms. The molecule has 2 atom stereocenters. The first-order valence-corrected chi connectivity index (χ1v) is 7.85. The Morgan fingerprint density at radius 1 is 1.23 bits per heavy atom. The number of rotatable bonds is 1. The highest BCUT2D eigenvalue weighted by atomic mass is 16.5. The monoisotopic (exact) mass is 299 g/mol. The van der Waals surface area contributed by atoms with Gasteiger partial charge in [-0.2, -0.15) is 0 Å². The molecule has 0 saturated carbocycles. The van der Waals surface area contributed by atoms with E-state index < -0.39 is 0 Å². The Hall–Kier alpha value is -1.85. The normalized spacial score (nSPS) is 26.1. The van der Waals surface area contributed by atoms with Crippen LogP contribution in [0.2, 0.25) is 0 Å². The van der Waals surface area contributed by atoms with Gasteiger partial charge < -0.3 is 19.5 Å². The topological polar surface area (TPSA) is 48.6 Å². The van der Waals surface area contributed by atoms with Crippen molar-refractivity contribution in [2.24, 2.45) is 5.92 Å². The summed E-state index contributed by atoms with van der Waals surface area (Å²) >= 11 is 0. The van der Waals surface area contributed by atoms with Crippen LogP contribution in [0, 0.1) is 5.92 Å². The van der Waals surface area contributed by atoms with E-state index >= 15 is 0 Å². The van der Waals surface area contributed by atoms with E-state index in [1.165, 1.54) is 0 Å². The zero-order chi connectivity index (χ0) is 15.1. The van der Waals surface area contributed by atoms with Gasteiger partial charge in [-0.1, -0.05) is 6.07 Å². The molecule has 2 fully saturated rings. The van der Waals surface area contributed by atoms with Crippen molar-refractivity contribution in [2.75, 3.05) is 39.9 Å². The Bertz CT molecular complexity index is 696. The summed E-state index contributed by atoms with van der Waals surface area (Å²) in [6.07, 6.45) is 1.90. The predicted molar refractivity (Wildman–Crippen MR) is 84.9 cm³/mol. The Kier molecular flexibility index (Phi) is 3.39. The van der Waals surface area contributed by atoms with Gasteiger partial charge in [0.2, 0.25) is 0 Å². The number of carbonyl (C=O) groups is 1. The minimum Gasteiger partial charge on any atom is -0.379 e. The number of amides is 1. The lowest BCUT2D eigenvalue weighted by molar-refractivity contribution is 0.0483. The highest BCUT2D eigenvalue weighted by Crippen LogP contribution is 2.22. The second-order valence-corrected chi connectivity index (χ2v) is 6.52. The number of carbonyl (C=O) groups excluding carboxylic acids is 1. The molecule has 116 valence electrons. The number of aromatic amines is 1. The molecule has 5 nitrogen and oxygen atoms in total. The Morgan fingerprint density at radius 2 is 2.14 bits per heavy atom.